The lowest BCUT2D eigenvalue weighted by Gasteiger charge is -2.30. The number of rotatable bonds is 11. The molecule has 3 N–H and O–H groups in total. The van der Waals surface area contributed by atoms with Gasteiger partial charge in [0.25, 0.3) is 0 Å². The van der Waals surface area contributed by atoms with E-state index in [1.807, 2.05) is 36.9 Å². The number of nitrogens with one attached hydrogen (secondary N) is 3. The molecule has 5 atom stereocenters. The Hall–Kier alpha value is -5.27. The summed E-state index contributed by atoms with van der Waals surface area (Å²) in [4.78, 5) is 52.6. The highest BCUT2D eigenvalue weighted by Gasteiger charge is 2.52. The van der Waals surface area contributed by atoms with Crippen LogP contribution in [-0.4, -0.2) is 84.3 Å². The first-order chi connectivity index (χ1) is 26.6. The molecule has 1 aliphatic carbocycles. The first-order valence-electron chi connectivity index (χ1n) is 19.9. The topological polar surface area (TPSA) is 171 Å². The van der Waals surface area contributed by atoms with Crippen molar-refractivity contribution >= 4 is 17.9 Å². The van der Waals surface area contributed by atoms with E-state index in [0.717, 1.165) is 97.5 Å². The van der Waals surface area contributed by atoms with Crippen molar-refractivity contribution in [2.75, 3.05) is 20.2 Å². The van der Waals surface area contributed by atoms with Gasteiger partial charge in [-0.3, -0.25) is 19.8 Å². The van der Waals surface area contributed by atoms with Gasteiger partial charge in [-0.15, -0.1) is 0 Å². The number of nitrogens with zero attached hydrogens (tertiary/aromatic N) is 6. The van der Waals surface area contributed by atoms with Crippen molar-refractivity contribution in [1.82, 2.24) is 45.5 Å². The van der Waals surface area contributed by atoms with Crippen LogP contribution in [0.1, 0.15) is 120 Å². The number of aromatic amines is 2. The van der Waals surface area contributed by atoms with Gasteiger partial charge in [0.1, 0.15) is 29.2 Å². The number of methoxy groups -OCH3 is 1. The van der Waals surface area contributed by atoms with Crippen LogP contribution < -0.4 is 10.1 Å². The summed E-state index contributed by atoms with van der Waals surface area (Å²) in [5.74, 6) is 4.45. The number of hydrogen-bond acceptors (Lipinski definition) is 9. The maximum Gasteiger partial charge on any atom is 0.407 e. The highest BCUT2D eigenvalue weighted by Crippen LogP contribution is 2.62. The van der Waals surface area contributed by atoms with Gasteiger partial charge in [0.15, 0.2) is 11.6 Å². The molecule has 14 heteroatoms. The molecule has 3 fully saturated rings. The van der Waals surface area contributed by atoms with E-state index in [0.29, 0.717) is 36.4 Å². The van der Waals surface area contributed by atoms with E-state index < -0.39 is 12.1 Å². The van der Waals surface area contributed by atoms with Gasteiger partial charge in [-0.25, -0.2) is 14.8 Å². The second-order valence-corrected chi connectivity index (χ2v) is 15.8. The SMILES string of the molecule is CCC(C)CC(=O)N1CCCC1c1nc(-c2ccc3c(c2)Oc2ccc(-c4n[nH]c(C5CCCN5C(=O)C(NC(=O)OC)C(C)CC)n4)cc2C32CC2)n[nH]1. The van der Waals surface area contributed by atoms with Crippen LogP contribution in [0.25, 0.3) is 22.8 Å². The van der Waals surface area contributed by atoms with E-state index in [9.17, 15) is 14.4 Å². The van der Waals surface area contributed by atoms with Crippen LogP contribution in [-0.2, 0) is 19.7 Å². The number of benzene rings is 2. The summed E-state index contributed by atoms with van der Waals surface area (Å²) in [5.41, 5.74) is 3.82. The molecule has 8 rings (SSSR count). The first kappa shape index (κ1) is 36.7. The number of carbonyl (C=O) groups excluding carboxylic acids is 3. The zero-order valence-electron chi connectivity index (χ0n) is 32.4. The predicted octanol–water partition coefficient (Wildman–Crippen LogP) is 6.98. The van der Waals surface area contributed by atoms with E-state index in [2.05, 4.69) is 57.8 Å². The van der Waals surface area contributed by atoms with Gasteiger partial charge in [0, 0.05) is 47.2 Å². The zero-order valence-corrected chi connectivity index (χ0v) is 32.4. The van der Waals surface area contributed by atoms with Gasteiger partial charge in [-0.05, 0) is 74.6 Å². The molecule has 0 bridgehead atoms. The lowest BCUT2D eigenvalue weighted by atomic mass is 9.83. The molecule has 4 aliphatic rings. The Bertz CT molecular complexity index is 2090. The number of hydrogen-bond donors (Lipinski definition) is 3. The lowest BCUT2D eigenvalue weighted by Crippen LogP contribution is -2.51. The summed E-state index contributed by atoms with van der Waals surface area (Å²) in [6, 6.07) is 11.3. The average Bonchev–Trinajstić information content (AvgIpc) is 3.77. The number of carbonyl (C=O) groups is 3. The molecule has 55 heavy (non-hydrogen) atoms. The molecule has 5 unspecified atom stereocenters. The maximum absolute atomic E-state index is 13.8. The van der Waals surface area contributed by atoms with Gasteiger partial charge in [-0.2, -0.15) is 10.2 Å². The van der Waals surface area contributed by atoms with Crippen molar-refractivity contribution < 1.29 is 23.9 Å². The maximum atomic E-state index is 13.8. The van der Waals surface area contributed by atoms with Crippen molar-refractivity contribution in [3.63, 3.8) is 0 Å². The third kappa shape index (κ3) is 6.73. The molecular formula is C41H51N9O5. The minimum Gasteiger partial charge on any atom is -0.457 e. The van der Waals surface area contributed by atoms with Crippen LogP contribution in [0.5, 0.6) is 11.5 Å². The molecule has 2 aromatic carbocycles. The van der Waals surface area contributed by atoms with Crippen LogP contribution in [0.4, 0.5) is 4.79 Å². The summed E-state index contributed by atoms with van der Waals surface area (Å²) in [5, 5.41) is 18.2. The Kier molecular flexibility index (Phi) is 9.85. The van der Waals surface area contributed by atoms with E-state index in [1.54, 1.807) is 4.90 Å². The van der Waals surface area contributed by atoms with Gasteiger partial charge in [0.05, 0.1) is 19.2 Å². The van der Waals surface area contributed by atoms with Crippen molar-refractivity contribution in [3.8, 4) is 34.3 Å². The van der Waals surface area contributed by atoms with Gasteiger partial charge in [0.2, 0.25) is 11.8 Å². The zero-order chi connectivity index (χ0) is 38.4. The number of H-pyrrole nitrogens is 2. The molecule has 3 aliphatic heterocycles. The minimum atomic E-state index is -0.693. The number of likely N-dealkylation sites (tertiary alicyclic amines) is 2. The van der Waals surface area contributed by atoms with Crippen LogP contribution >= 0.6 is 0 Å². The van der Waals surface area contributed by atoms with Crippen molar-refractivity contribution in [3.05, 3.63) is 59.2 Å². The molecule has 14 nitrogen and oxygen atoms in total. The number of amides is 3. The van der Waals surface area contributed by atoms with Crippen molar-refractivity contribution in [1.29, 1.82) is 0 Å². The fraction of sp³-hybridized carbons (Fsp3) is 0.537. The van der Waals surface area contributed by atoms with E-state index >= 15 is 0 Å². The Morgan fingerprint density at radius 2 is 1.51 bits per heavy atom. The molecule has 3 amide bonds. The third-order valence-corrected chi connectivity index (χ3v) is 12.4. The molecule has 5 heterocycles. The summed E-state index contributed by atoms with van der Waals surface area (Å²) in [7, 11) is 1.30. The normalized spacial score (nSPS) is 21.0. The van der Waals surface area contributed by atoms with Gasteiger partial charge < -0.3 is 24.6 Å². The fourth-order valence-electron chi connectivity index (χ4n) is 8.58. The molecule has 2 aromatic heterocycles. The number of aromatic nitrogens is 6. The molecule has 0 radical (unpaired) electrons. The van der Waals surface area contributed by atoms with Crippen LogP contribution in [0.15, 0.2) is 36.4 Å². The highest BCUT2D eigenvalue weighted by molar-refractivity contribution is 5.86. The average molecular weight is 750 g/mol. The Morgan fingerprint density at radius 3 is 2.15 bits per heavy atom. The van der Waals surface area contributed by atoms with Crippen LogP contribution in [0.3, 0.4) is 0 Å². The molecule has 2 saturated heterocycles. The number of alkyl carbamates (subject to hydrolysis) is 1. The van der Waals surface area contributed by atoms with Crippen molar-refractivity contribution in [2.45, 2.75) is 109 Å². The summed E-state index contributed by atoms with van der Waals surface area (Å²) in [6.07, 6.45) is 7.05. The molecule has 4 aromatic rings. The van der Waals surface area contributed by atoms with Crippen LogP contribution in [0, 0.1) is 11.8 Å². The van der Waals surface area contributed by atoms with Crippen LogP contribution in [0.2, 0.25) is 0 Å². The standard InChI is InChI=1S/C41H51N9O5/c1-6-23(3)20-33(51)49-18-8-10-29(49)37-44-36(46-47-37)26-12-14-27-32(22-26)55-31-15-13-25(21-28(31)41(27)16-17-41)35-43-38(48-45-35)30-11-9-19-50(30)39(52)34(24(4)7-2)42-40(53)54-5/h12-15,21-24,29-30,34H,6-11,16-20H2,1-5H3,(H,42,53)(H,43,45,48)(H,44,46,47). The van der Waals surface area contributed by atoms with E-state index in [-0.39, 0.29) is 35.2 Å². The first-order valence-corrected chi connectivity index (χ1v) is 19.9. The molecule has 290 valence electrons. The number of ether oxygens (including phenoxy) is 2. The van der Waals surface area contributed by atoms with Crippen molar-refractivity contribution in [2.24, 2.45) is 11.8 Å². The molecule has 1 saturated carbocycles. The van der Waals surface area contributed by atoms with E-state index in [4.69, 9.17) is 19.4 Å². The highest BCUT2D eigenvalue weighted by atomic mass is 16.5. The predicted molar refractivity (Wildman–Crippen MR) is 204 cm³/mol. The second-order valence-electron chi connectivity index (χ2n) is 15.8. The smallest absolute Gasteiger partial charge is 0.407 e. The Morgan fingerprint density at radius 1 is 0.873 bits per heavy atom. The molecular weight excluding hydrogens is 699 g/mol. The number of fused-ring (bicyclic) bond motifs is 4. The summed E-state index contributed by atoms with van der Waals surface area (Å²) >= 11 is 0. The summed E-state index contributed by atoms with van der Waals surface area (Å²) in [6.45, 7) is 9.52. The Balaban J connectivity index is 0.997. The Labute approximate surface area is 321 Å². The summed E-state index contributed by atoms with van der Waals surface area (Å²) < 4.78 is 11.4. The van der Waals surface area contributed by atoms with Gasteiger partial charge >= 0.3 is 6.09 Å². The fourth-order valence-corrected chi connectivity index (χ4v) is 8.58. The minimum absolute atomic E-state index is 0.0673. The van der Waals surface area contributed by atoms with Gasteiger partial charge in [-0.1, -0.05) is 52.7 Å². The molecule has 1 spiro atoms. The monoisotopic (exact) mass is 749 g/mol. The second kappa shape index (κ2) is 14.8. The van der Waals surface area contributed by atoms with E-state index in [1.165, 1.54) is 7.11 Å². The largest absolute Gasteiger partial charge is 0.457 e. The quantitative estimate of drug-likeness (QED) is 0.146. The third-order valence-electron chi connectivity index (χ3n) is 12.4. The lowest BCUT2D eigenvalue weighted by molar-refractivity contribution is -0.136.